The first-order valence-electron chi connectivity index (χ1n) is 8.19. The van der Waals surface area contributed by atoms with Gasteiger partial charge in [0.2, 0.25) is 5.91 Å². The fourth-order valence-electron chi connectivity index (χ4n) is 3.03. The lowest BCUT2D eigenvalue weighted by atomic mass is 9.90. The highest BCUT2D eigenvalue weighted by Crippen LogP contribution is 2.31. The Morgan fingerprint density at radius 2 is 1.91 bits per heavy atom. The van der Waals surface area contributed by atoms with E-state index < -0.39 is 5.72 Å². The van der Waals surface area contributed by atoms with Gasteiger partial charge in [0.15, 0.2) is 0 Å². The standard InChI is InChI=1S/C19H29NO2/c1-18(2,3)12-11-17(21)20-16(14-22-19(20,4)5)13-15-9-7-6-8-10-15/h6-10,16H,11-14H2,1-5H3/t16-/m0/s1. The van der Waals surface area contributed by atoms with Crippen molar-refractivity contribution >= 4 is 5.91 Å². The predicted octanol–water partition coefficient (Wildman–Crippen LogP) is 4.02. The molecule has 22 heavy (non-hydrogen) atoms. The molecule has 1 aromatic carbocycles. The zero-order valence-electron chi connectivity index (χ0n) is 14.6. The van der Waals surface area contributed by atoms with Crippen LogP contribution in [0.5, 0.6) is 0 Å². The van der Waals surface area contributed by atoms with Gasteiger partial charge in [0.25, 0.3) is 0 Å². The Kier molecular flexibility index (Phi) is 4.96. The van der Waals surface area contributed by atoms with E-state index >= 15 is 0 Å². The van der Waals surface area contributed by atoms with Crippen LogP contribution in [0.15, 0.2) is 30.3 Å². The minimum Gasteiger partial charge on any atom is -0.354 e. The van der Waals surface area contributed by atoms with Gasteiger partial charge in [-0.1, -0.05) is 51.1 Å². The zero-order valence-corrected chi connectivity index (χ0v) is 14.6. The summed E-state index contributed by atoms with van der Waals surface area (Å²) in [6.45, 7) is 11.1. The molecule has 1 amide bonds. The third-order valence-corrected chi connectivity index (χ3v) is 4.25. The molecular weight excluding hydrogens is 274 g/mol. The third kappa shape index (κ3) is 4.33. The maximum absolute atomic E-state index is 12.8. The van der Waals surface area contributed by atoms with Crippen molar-refractivity contribution < 1.29 is 9.53 Å². The molecule has 1 saturated heterocycles. The van der Waals surface area contributed by atoms with Crippen molar-refractivity contribution in [3.05, 3.63) is 35.9 Å². The van der Waals surface area contributed by atoms with Crippen LogP contribution in [0.3, 0.4) is 0 Å². The average Bonchev–Trinajstić information content (AvgIpc) is 2.72. The van der Waals surface area contributed by atoms with Crippen LogP contribution >= 0.6 is 0 Å². The third-order valence-electron chi connectivity index (χ3n) is 4.25. The first-order chi connectivity index (χ1) is 10.2. The Bertz CT molecular complexity index is 502. The summed E-state index contributed by atoms with van der Waals surface area (Å²) in [6.07, 6.45) is 2.34. The fraction of sp³-hybridized carbons (Fsp3) is 0.632. The van der Waals surface area contributed by atoms with Crippen LogP contribution in [0.4, 0.5) is 0 Å². The van der Waals surface area contributed by atoms with E-state index in [0.29, 0.717) is 13.0 Å². The molecular formula is C19H29NO2. The molecule has 2 rings (SSSR count). The van der Waals surface area contributed by atoms with E-state index in [1.54, 1.807) is 0 Å². The van der Waals surface area contributed by atoms with Crippen LogP contribution in [0, 0.1) is 5.41 Å². The van der Waals surface area contributed by atoms with Crippen molar-refractivity contribution in [3.8, 4) is 0 Å². The van der Waals surface area contributed by atoms with Gasteiger partial charge in [-0.05, 0) is 37.7 Å². The predicted molar refractivity (Wildman–Crippen MR) is 89.5 cm³/mol. The van der Waals surface area contributed by atoms with Crippen LogP contribution in [0.2, 0.25) is 0 Å². The SMILES string of the molecule is CC(C)(C)CCC(=O)N1[C@@H](Cc2ccccc2)COC1(C)C. The fourth-order valence-corrected chi connectivity index (χ4v) is 3.03. The second kappa shape index (κ2) is 6.41. The molecule has 0 radical (unpaired) electrons. The summed E-state index contributed by atoms with van der Waals surface area (Å²) in [7, 11) is 0. The molecule has 0 spiro atoms. The molecule has 0 saturated carbocycles. The molecule has 1 heterocycles. The molecule has 0 aromatic heterocycles. The lowest BCUT2D eigenvalue weighted by Gasteiger charge is -2.34. The van der Waals surface area contributed by atoms with Gasteiger partial charge in [-0.15, -0.1) is 0 Å². The highest BCUT2D eigenvalue weighted by atomic mass is 16.5. The van der Waals surface area contributed by atoms with E-state index in [0.717, 1.165) is 12.8 Å². The summed E-state index contributed by atoms with van der Waals surface area (Å²) in [6, 6.07) is 10.5. The van der Waals surface area contributed by atoms with E-state index in [2.05, 4.69) is 32.9 Å². The normalized spacial score (nSPS) is 21.1. The summed E-state index contributed by atoms with van der Waals surface area (Å²) in [4.78, 5) is 14.7. The molecule has 1 fully saturated rings. The summed E-state index contributed by atoms with van der Waals surface area (Å²) in [5.74, 6) is 0.207. The number of nitrogens with zero attached hydrogens (tertiary/aromatic N) is 1. The van der Waals surface area contributed by atoms with Crippen LogP contribution in [-0.2, 0) is 16.0 Å². The zero-order chi connectivity index (χ0) is 16.4. The Morgan fingerprint density at radius 1 is 1.27 bits per heavy atom. The smallest absolute Gasteiger partial charge is 0.225 e. The Hall–Kier alpha value is -1.35. The monoisotopic (exact) mass is 303 g/mol. The molecule has 1 aliphatic heterocycles. The highest BCUT2D eigenvalue weighted by Gasteiger charge is 2.43. The van der Waals surface area contributed by atoms with Crippen molar-refractivity contribution in [2.45, 2.75) is 65.6 Å². The lowest BCUT2D eigenvalue weighted by Crippen LogP contribution is -2.48. The number of ether oxygens (including phenoxy) is 1. The quantitative estimate of drug-likeness (QED) is 0.841. The van der Waals surface area contributed by atoms with Crippen molar-refractivity contribution in [1.29, 1.82) is 0 Å². The van der Waals surface area contributed by atoms with E-state index in [1.165, 1.54) is 5.56 Å². The number of hydrogen-bond acceptors (Lipinski definition) is 2. The van der Waals surface area contributed by atoms with Crippen LogP contribution in [-0.4, -0.2) is 29.2 Å². The molecule has 122 valence electrons. The lowest BCUT2D eigenvalue weighted by molar-refractivity contribution is -0.146. The largest absolute Gasteiger partial charge is 0.354 e. The maximum Gasteiger partial charge on any atom is 0.225 e. The molecule has 0 aliphatic carbocycles. The molecule has 1 aliphatic rings. The Balaban J connectivity index is 2.08. The number of carbonyl (C=O) groups is 1. The molecule has 3 nitrogen and oxygen atoms in total. The number of amides is 1. The van der Waals surface area contributed by atoms with Crippen molar-refractivity contribution in [3.63, 3.8) is 0 Å². The minimum atomic E-state index is -0.506. The van der Waals surface area contributed by atoms with Gasteiger partial charge in [0.05, 0.1) is 12.6 Å². The molecule has 0 unspecified atom stereocenters. The summed E-state index contributed by atoms with van der Waals surface area (Å²) >= 11 is 0. The minimum absolute atomic E-state index is 0.130. The van der Waals surface area contributed by atoms with Crippen LogP contribution < -0.4 is 0 Å². The van der Waals surface area contributed by atoms with Gasteiger partial charge in [-0.3, -0.25) is 4.79 Å². The second-order valence-corrected chi connectivity index (χ2v) is 7.93. The number of benzene rings is 1. The van der Waals surface area contributed by atoms with Crippen molar-refractivity contribution in [2.75, 3.05) is 6.61 Å². The van der Waals surface area contributed by atoms with E-state index in [1.807, 2.05) is 36.9 Å². The number of carbonyl (C=O) groups excluding carboxylic acids is 1. The molecule has 0 N–H and O–H groups in total. The first kappa shape index (κ1) is 17.0. The highest BCUT2D eigenvalue weighted by molar-refractivity contribution is 5.77. The van der Waals surface area contributed by atoms with Crippen molar-refractivity contribution in [1.82, 2.24) is 4.90 Å². The Morgan fingerprint density at radius 3 is 2.50 bits per heavy atom. The summed E-state index contributed by atoms with van der Waals surface area (Å²) in [5, 5.41) is 0. The molecule has 3 heteroatoms. The van der Waals surface area contributed by atoms with Crippen molar-refractivity contribution in [2.24, 2.45) is 5.41 Å². The van der Waals surface area contributed by atoms with Gasteiger partial charge in [0.1, 0.15) is 5.72 Å². The maximum atomic E-state index is 12.8. The van der Waals surface area contributed by atoms with Gasteiger partial charge in [-0.2, -0.15) is 0 Å². The average molecular weight is 303 g/mol. The number of hydrogen-bond donors (Lipinski definition) is 0. The van der Waals surface area contributed by atoms with Crippen LogP contribution in [0.25, 0.3) is 0 Å². The summed E-state index contributed by atoms with van der Waals surface area (Å²) in [5.41, 5.74) is 0.923. The molecule has 1 atom stereocenters. The van der Waals surface area contributed by atoms with Crippen LogP contribution in [0.1, 0.15) is 53.0 Å². The topological polar surface area (TPSA) is 29.5 Å². The molecule has 0 bridgehead atoms. The van der Waals surface area contributed by atoms with E-state index in [-0.39, 0.29) is 17.4 Å². The first-order valence-corrected chi connectivity index (χ1v) is 8.19. The van der Waals surface area contributed by atoms with Gasteiger partial charge >= 0.3 is 0 Å². The van der Waals surface area contributed by atoms with E-state index in [9.17, 15) is 4.79 Å². The van der Waals surface area contributed by atoms with Gasteiger partial charge in [-0.25, -0.2) is 0 Å². The molecule has 1 aromatic rings. The van der Waals surface area contributed by atoms with E-state index in [4.69, 9.17) is 4.74 Å². The Labute approximate surface area is 134 Å². The van der Waals surface area contributed by atoms with Gasteiger partial charge in [0, 0.05) is 6.42 Å². The number of rotatable bonds is 4. The summed E-state index contributed by atoms with van der Waals surface area (Å²) < 4.78 is 5.90. The second-order valence-electron chi connectivity index (χ2n) is 7.93. The van der Waals surface area contributed by atoms with Gasteiger partial charge < -0.3 is 9.64 Å².